The zero-order chi connectivity index (χ0) is 52.6. The monoisotopic (exact) mass is 1160 g/mol. The van der Waals surface area contributed by atoms with Crippen LogP contribution in [0.25, 0.3) is 72.0 Å². The van der Waals surface area contributed by atoms with Crippen LogP contribution in [0.15, 0.2) is 72.8 Å². The van der Waals surface area contributed by atoms with E-state index < -0.39 is 0 Å². The molecule has 0 fully saturated rings. The van der Waals surface area contributed by atoms with E-state index in [2.05, 4.69) is 132 Å². The molecule has 8 heteroatoms. The van der Waals surface area contributed by atoms with E-state index in [-0.39, 0.29) is 0 Å². The number of hydrogen-bond donors (Lipinski definition) is 0. The van der Waals surface area contributed by atoms with Gasteiger partial charge in [-0.25, -0.2) is 0 Å². The van der Waals surface area contributed by atoms with Gasteiger partial charge in [0, 0.05) is 39.3 Å². The molecule has 76 heavy (non-hydrogen) atoms. The number of thiophene rings is 6. The molecule has 0 amide bonds. The van der Waals surface area contributed by atoms with E-state index in [4.69, 9.17) is 23.2 Å². The molecule has 0 nitrogen and oxygen atoms in total. The molecule has 2 aromatic carbocycles. The van der Waals surface area contributed by atoms with Crippen molar-refractivity contribution in [2.45, 2.75) is 219 Å². The highest BCUT2D eigenvalue weighted by Crippen LogP contribution is 2.56. The number of aryl methyl sites for hydroxylation is 2. The molecule has 8 rings (SSSR count). The Morgan fingerprint density at radius 1 is 0.289 bits per heavy atom. The molecule has 0 unspecified atom stereocenters. The van der Waals surface area contributed by atoms with E-state index in [1.165, 1.54) is 265 Å². The highest BCUT2D eigenvalue weighted by atomic mass is 35.5. The second kappa shape index (κ2) is 33.3. The fraction of sp³-hybridized carbons (Fsp3) is 0.500. The molecular weight excluding hydrogens is 1080 g/mol. The third-order valence-corrected chi connectivity index (χ3v) is 24.0. The standard InChI is InChI=1S/C68H86Cl2S6/c1-3-5-7-9-11-13-15-17-19-21-23-25-27-29-31-33-57-61(59-49-47-55(71-59)45-39-51-35-41-53(69)42-36-51)73-65-63(57)75-68-66-64(76-67(65)68)58(34-32-30-28-26-24-22-20-18-16-14-12-10-8-6-4-2)62(74-66)60-50-48-56(72-60)46-40-52-37-43-54(70)44-38-52/h35-50H,3-34H2,1-2H3/b45-39+,46-40+. The van der Waals surface area contributed by atoms with Gasteiger partial charge in [0.2, 0.25) is 0 Å². The van der Waals surface area contributed by atoms with Crippen molar-refractivity contribution in [2.24, 2.45) is 0 Å². The predicted octanol–water partition coefficient (Wildman–Crippen LogP) is 27.3. The van der Waals surface area contributed by atoms with Crippen LogP contribution >= 0.6 is 91.2 Å². The zero-order valence-electron chi connectivity index (χ0n) is 46.1. The van der Waals surface area contributed by atoms with E-state index in [1.807, 2.05) is 46.9 Å². The van der Waals surface area contributed by atoms with Crippen LogP contribution in [-0.2, 0) is 12.8 Å². The summed E-state index contributed by atoms with van der Waals surface area (Å²) >= 11 is 24.7. The van der Waals surface area contributed by atoms with Crippen LogP contribution in [0, 0.1) is 0 Å². The summed E-state index contributed by atoms with van der Waals surface area (Å²) < 4.78 is 9.27. The van der Waals surface area contributed by atoms with Crippen molar-refractivity contribution in [1.82, 2.24) is 0 Å². The van der Waals surface area contributed by atoms with Gasteiger partial charge in [0.15, 0.2) is 0 Å². The Balaban J connectivity index is 0.966. The van der Waals surface area contributed by atoms with Gasteiger partial charge in [-0.05, 0) is 109 Å². The molecule has 0 atom stereocenters. The van der Waals surface area contributed by atoms with Crippen molar-refractivity contribution >= 4 is 144 Å². The Kier molecular flexibility index (Phi) is 26.1. The maximum absolute atomic E-state index is 6.21. The van der Waals surface area contributed by atoms with Crippen LogP contribution in [0.2, 0.25) is 10.0 Å². The normalized spacial score (nSPS) is 12.2. The smallest absolute Gasteiger partial charge is 0.0651 e. The molecule has 0 radical (unpaired) electrons. The minimum Gasteiger partial charge on any atom is -0.135 e. The molecule has 8 aromatic rings. The van der Waals surface area contributed by atoms with Crippen molar-refractivity contribution in [3.05, 3.63) is 115 Å². The molecule has 6 heterocycles. The molecule has 0 aliphatic heterocycles. The minimum absolute atomic E-state index is 0.780. The Morgan fingerprint density at radius 2 is 0.579 bits per heavy atom. The molecule has 0 spiro atoms. The zero-order valence-corrected chi connectivity index (χ0v) is 52.5. The van der Waals surface area contributed by atoms with Crippen LogP contribution in [0.3, 0.4) is 0 Å². The van der Waals surface area contributed by atoms with Gasteiger partial charge in [-0.15, -0.1) is 68.0 Å². The summed E-state index contributed by atoms with van der Waals surface area (Å²) in [5.74, 6) is 0. The quantitative estimate of drug-likeness (QED) is 0.0338. The van der Waals surface area contributed by atoms with Crippen LogP contribution < -0.4 is 0 Å². The average Bonchev–Trinajstić information content (AvgIpc) is 4.36. The number of halogens is 2. The number of hydrogen-bond acceptors (Lipinski definition) is 6. The number of benzene rings is 2. The molecule has 0 saturated heterocycles. The van der Waals surface area contributed by atoms with E-state index >= 15 is 0 Å². The minimum atomic E-state index is 0.780. The van der Waals surface area contributed by atoms with E-state index in [0.29, 0.717) is 0 Å². The van der Waals surface area contributed by atoms with Crippen LogP contribution in [0.5, 0.6) is 0 Å². The molecule has 0 aliphatic carbocycles. The topological polar surface area (TPSA) is 0 Å². The summed E-state index contributed by atoms with van der Waals surface area (Å²) in [5, 5.41) is 1.56. The first kappa shape index (κ1) is 59.6. The largest absolute Gasteiger partial charge is 0.135 e. The van der Waals surface area contributed by atoms with Gasteiger partial charge in [-0.3, -0.25) is 0 Å². The Hall–Kier alpha value is -2.52. The Morgan fingerprint density at radius 3 is 0.895 bits per heavy atom. The molecule has 0 aliphatic rings. The number of unbranched alkanes of at least 4 members (excludes halogenated alkanes) is 28. The third-order valence-electron chi connectivity index (χ3n) is 15.3. The Bertz CT molecular complexity index is 2740. The number of rotatable bonds is 38. The molecule has 0 N–H and O–H groups in total. The van der Waals surface area contributed by atoms with Gasteiger partial charge >= 0.3 is 0 Å². The van der Waals surface area contributed by atoms with Crippen molar-refractivity contribution in [3.63, 3.8) is 0 Å². The van der Waals surface area contributed by atoms with Gasteiger partial charge < -0.3 is 0 Å². The van der Waals surface area contributed by atoms with Gasteiger partial charge in [0.1, 0.15) is 0 Å². The van der Waals surface area contributed by atoms with Gasteiger partial charge in [-0.1, -0.05) is 253 Å². The molecule has 6 aromatic heterocycles. The summed E-state index contributed by atoms with van der Waals surface area (Å²) in [6, 6.07) is 25.7. The maximum Gasteiger partial charge on any atom is 0.0651 e. The van der Waals surface area contributed by atoms with Crippen molar-refractivity contribution < 1.29 is 0 Å². The van der Waals surface area contributed by atoms with E-state index in [1.54, 1.807) is 20.5 Å². The summed E-state index contributed by atoms with van der Waals surface area (Å²) in [7, 11) is 0. The van der Waals surface area contributed by atoms with Crippen LogP contribution in [0.4, 0.5) is 0 Å². The van der Waals surface area contributed by atoms with Crippen molar-refractivity contribution in [2.75, 3.05) is 0 Å². The van der Waals surface area contributed by atoms with Gasteiger partial charge in [0.25, 0.3) is 0 Å². The lowest BCUT2D eigenvalue weighted by Gasteiger charge is -2.05. The lowest BCUT2D eigenvalue weighted by atomic mass is 10.0. The highest BCUT2D eigenvalue weighted by Gasteiger charge is 2.26. The molecule has 0 saturated carbocycles. The number of fused-ring (bicyclic) bond motifs is 5. The van der Waals surface area contributed by atoms with Gasteiger partial charge in [-0.2, -0.15) is 0 Å². The first-order chi connectivity index (χ1) is 37.5. The maximum atomic E-state index is 6.21. The predicted molar refractivity (Wildman–Crippen MR) is 355 cm³/mol. The molecule has 0 bridgehead atoms. The van der Waals surface area contributed by atoms with E-state index in [9.17, 15) is 0 Å². The molecular formula is C68H86Cl2S6. The Labute approximate surface area is 493 Å². The molecule has 408 valence electrons. The SMILES string of the molecule is CCCCCCCCCCCCCCCCCc1c(-c2ccc(/C=C/c3ccc(Cl)cc3)s2)sc2c1sc1c3sc(-c4ccc(/C=C/c5ccc(Cl)cc5)s4)c(CCCCCCCCCCCCCCCCC)c3sc21. The average molecular weight is 1170 g/mol. The summed E-state index contributed by atoms with van der Waals surface area (Å²) in [4.78, 5) is 8.46. The van der Waals surface area contributed by atoms with Crippen LogP contribution in [0.1, 0.15) is 238 Å². The van der Waals surface area contributed by atoms with Crippen molar-refractivity contribution in [1.29, 1.82) is 0 Å². The first-order valence-corrected chi connectivity index (χ1v) is 35.6. The van der Waals surface area contributed by atoms with E-state index in [0.717, 1.165) is 10.0 Å². The fourth-order valence-corrected chi connectivity index (χ4v) is 19.4. The summed E-state index contributed by atoms with van der Waals surface area (Å²) in [5.41, 5.74) is 5.57. The first-order valence-electron chi connectivity index (χ1n) is 30.0. The lowest BCUT2D eigenvalue weighted by molar-refractivity contribution is 0.532. The van der Waals surface area contributed by atoms with Crippen LogP contribution in [-0.4, -0.2) is 0 Å². The van der Waals surface area contributed by atoms with Crippen molar-refractivity contribution in [3.8, 4) is 19.5 Å². The third kappa shape index (κ3) is 18.3. The highest BCUT2D eigenvalue weighted by molar-refractivity contribution is 7.46. The second-order valence-electron chi connectivity index (χ2n) is 21.6. The second-order valence-corrected chi connectivity index (χ2v) is 28.8. The van der Waals surface area contributed by atoms with Gasteiger partial charge in [0.05, 0.1) is 28.2 Å². The lowest BCUT2D eigenvalue weighted by Crippen LogP contribution is -1.87. The summed E-state index contributed by atoms with van der Waals surface area (Å²) in [6.07, 6.45) is 53.3. The fourth-order valence-electron chi connectivity index (χ4n) is 10.8. The summed E-state index contributed by atoms with van der Waals surface area (Å²) in [6.45, 7) is 4.62.